The Morgan fingerprint density at radius 3 is 2.71 bits per heavy atom. The number of nitriles is 1. The maximum atomic E-state index is 13.0. The maximum Gasteiger partial charge on any atom is 0.345 e. The summed E-state index contributed by atoms with van der Waals surface area (Å²) in [4.78, 5) is 33.7. The van der Waals surface area contributed by atoms with E-state index in [4.69, 9.17) is 16.9 Å². The van der Waals surface area contributed by atoms with Crippen molar-refractivity contribution in [3.05, 3.63) is 86.7 Å². The van der Waals surface area contributed by atoms with Gasteiger partial charge in [0.15, 0.2) is 11.6 Å². The molecule has 0 unspecified atom stereocenters. The first-order valence-corrected chi connectivity index (χ1v) is 10.6. The molecule has 1 N–H and O–H groups in total. The highest BCUT2D eigenvalue weighted by Crippen LogP contribution is 2.18. The van der Waals surface area contributed by atoms with Gasteiger partial charge in [0.1, 0.15) is 18.2 Å². The van der Waals surface area contributed by atoms with Gasteiger partial charge < -0.3 is 5.32 Å². The Kier molecular flexibility index (Phi) is 6.25. The van der Waals surface area contributed by atoms with Crippen LogP contribution < -0.4 is 11.0 Å². The van der Waals surface area contributed by atoms with E-state index in [9.17, 15) is 9.59 Å². The fraction of sp³-hybridized carbons (Fsp3) is 0.227. The van der Waals surface area contributed by atoms with Crippen LogP contribution in [-0.4, -0.2) is 40.0 Å². The van der Waals surface area contributed by atoms with Crippen LogP contribution in [0.15, 0.2) is 47.7 Å². The largest absolute Gasteiger partial charge is 0.345 e. The Labute approximate surface area is 199 Å². The minimum absolute atomic E-state index is 0.176. The third-order valence-corrected chi connectivity index (χ3v) is 5.43. The minimum Gasteiger partial charge on any atom is -0.342 e. The molecule has 11 nitrogen and oxygen atoms in total. The number of aromatic nitrogens is 7. The highest BCUT2D eigenvalue weighted by Gasteiger charge is 2.19. The van der Waals surface area contributed by atoms with E-state index in [0.29, 0.717) is 39.2 Å². The number of carbonyl (C=O) groups is 1. The van der Waals surface area contributed by atoms with Gasteiger partial charge in [0.25, 0.3) is 5.91 Å². The van der Waals surface area contributed by atoms with Crippen molar-refractivity contribution in [2.45, 2.75) is 26.4 Å². The number of hydrogen-bond acceptors (Lipinski definition) is 7. The van der Waals surface area contributed by atoms with Gasteiger partial charge in [-0.2, -0.15) is 20.1 Å². The predicted octanol–water partition coefficient (Wildman–Crippen LogP) is 1.93. The molecular formula is C22H20ClN9O2. The zero-order valence-electron chi connectivity index (χ0n) is 18.6. The van der Waals surface area contributed by atoms with Crippen molar-refractivity contribution in [3.8, 4) is 11.9 Å². The van der Waals surface area contributed by atoms with Crippen LogP contribution in [0.5, 0.6) is 0 Å². The van der Waals surface area contributed by atoms with E-state index < -0.39 is 6.04 Å². The highest BCUT2D eigenvalue weighted by molar-refractivity contribution is 6.31. The number of carbonyl (C=O) groups excluding carboxylic acids is 1. The molecule has 0 aliphatic carbocycles. The number of halogens is 1. The normalized spacial score (nSPS) is 11.7. The third-order valence-electron chi connectivity index (χ3n) is 5.21. The second-order valence-corrected chi connectivity index (χ2v) is 8.07. The number of amides is 1. The molecule has 0 bridgehead atoms. The molecule has 12 heteroatoms. The molecule has 0 aliphatic heterocycles. The monoisotopic (exact) mass is 477 g/mol. The maximum absolute atomic E-state index is 13.0. The molecule has 4 aromatic rings. The lowest BCUT2D eigenvalue weighted by atomic mass is 10.1. The molecule has 3 heterocycles. The Hall–Kier alpha value is -4.30. The van der Waals surface area contributed by atoms with Crippen molar-refractivity contribution in [2.75, 3.05) is 0 Å². The van der Waals surface area contributed by atoms with Crippen molar-refractivity contribution in [1.29, 1.82) is 5.26 Å². The first-order chi connectivity index (χ1) is 16.3. The third kappa shape index (κ3) is 4.57. The van der Waals surface area contributed by atoms with Gasteiger partial charge >= 0.3 is 5.69 Å². The molecule has 34 heavy (non-hydrogen) atoms. The number of nitrogens with zero attached hydrogens (tertiary/aromatic N) is 8. The number of aryl methyl sites for hydroxylation is 1. The quantitative estimate of drug-likeness (QED) is 0.448. The average molecular weight is 478 g/mol. The Bertz CT molecular complexity index is 1460. The van der Waals surface area contributed by atoms with Crippen molar-refractivity contribution in [3.63, 3.8) is 0 Å². The lowest BCUT2D eigenvalue weighted by molar-refractivity contribution is 0.0937. The van der Waals surface area contributed by atoms with Crippen molar-refractivity contribution in [2.24, 2.45) is 7.05 Å². The number of pyridine rings is 1. The van der Waals surface area contributed by atoms with Crippen LogP contribution in [0.4, 0.5) is 0 Å². The Morgan fingerprint density at radius 1 is 1.26 bits per heavy atom. The molecule has 1 aromatic carbocycles. The SMILES string of the molecule is Cc1nn(Cc2cc(Cl)cc(C(=O)N[C@@H](C)c3ncnn3-c3ccc(C#N)cn3)c2)c(=O)n1C. The first-order valence-electron chi connectivity index (χ1n) is 10.2. The first kappa shape index (κ1) is 22.9. The fourth-order valence-electron chi connectivity index (χ4n) is 3.39. The molecule has 0 fully saturated rings. The molecule has 1 atom stereocenters. The number of rotatable bonds is 6. The summed E-state index contributed by atoms with van der Waals surface area (Å²) in [6, 6.07) is 9.67. The van der Waals surface area contributed by atoms with Gasteiger partial charge in [-0.05, 0) is 49.7 Å². The van der Waals surface area contributed by atoms with Crippen LogP contribution in [0, 0.1) is 18.3 Å². The minimum atomic E-state index is -0.518. The molecule has 0 radical (unpaired) electrons. The highest BCUT2D eigenvalue weighted by atomic mass is 35.5. The van der Waals surface area contributed by atoms with Gasteiger partial charge in [-0.15, -0.1) is 0 Å². The topological polar surface area (TPSA) is 136 Å². The summed E-state index contributed by atoms with van der Waals surface area (Å²) in [5, 5.41) is 20.6. The smallest absolute Gasteiger partial charge is 0.342 e. The summed E-state index contributed by atoms with van der Waals surface area (Å²) in [5.74, 6) is 1.14. The van der Waals surface area contributed by atoms with E-state index >= 15 is 0 Å². The predicted molar refractivity (Wildman–Crippen MR) is 123 cm³/mol. The second-order valence-electron chi connectivity index (χ2n) is 7.64. The lowest BCUT2D eigenvalue weighted by Gasteiger charge is -2.15. The van der Waals surface area contributed by atoms with Gasteiger partial charge in [-0.1, -0.05) is 11.6 Å². The molecule has 3 aromatic heterocycles. The van der Waals surface area contributed by atoms with E-state index in [1.807, 2.05) is 6.07 Å². The molecule has 4 rings (SSSR count). The van der Waals surface area contributed by atoms with Crippen LogP contribution in [0.1, 0.15) is 46.1 Å². The molecule has 0 aliphatic rings. The molecular weight excluding hydrogens is 458 g/mol. The van der Waals surface area contributed by atoms with E-state index in [2.05, 4.69) is 25.5 Å². The molecule has 1 amide bonds. The molecule has 0 saturated heterocycles. The van der Waals surface area contributed by atoms with E-state index in [-0.39, 0.29) is 18.1 Å². The standard InChI is InChI=1S/C22H20ClN9O2/c1-13(20-26-12-27-32(20)19-5-4-15(9-24)10-25-19)28-21(33)17-6-16(7-18(23)8-17)11-31-22(34)30(3)14(2)29-31/h4-8,10,12-13H,11H2,1-3H3,(H,28,33)/t13-/m0/s1. The van der Waals surface area contributed by atoms with Gasteiger partial charge in [0.05, 0.1) is 18.2 Å². The van der Waals surface area contributed by atoms with Gasteiger partial charge in [0.2, 0.25) is 0 Å². The van der Waals surface area contributed by atoms with Gasteiger partial charge in [0, 0.05) is 23.8 Å². The van der Waals surface area contributed by atoms with Crippen LogP contribution in [-0.2, 0) is 13.6 Å². The zero-order valence-corrected chi connectivity index (χ0v) is 19.4. The lowest BCUT2D eigenvalue weighted by Crippen LogP contribution is -2.29. The molecule has 172 valence electrons. The summed E-state index contributed by atoms with van der Waals surface area (Å²) in [7, 11) is 1.64. The fourth-order valence-corrected chi connectivity index (χ4v) is 3.65. The molecule has 0 saturated carbocycles. The number of nitrogens with one attached hydrogen (secondary N) is 1. The summed E-state index contributed by atoms with van der Waals surface area (Å²) in [6.07, 6.45) is 2.80. The molecule has 0 spiro atoms. The van der Waals surface area contributed by atoms with Gasteiger partial charge in [-0.25, -0.2) is 19.4 Å². The number of benzene rings is 1. The van der Waals surface area contributed by atoms with Gasteiger partial charge in [-0.3, -0.25) is 9.36 Å². The Morgan fingerprint density at radius 2 is 2.06 bits per heavy atom. The summed E-state index contributed by atoms with van der Waals surface area (Å²) >= 11 is 6.25. The van der Waals surface area contributed by atoms with Crippen molar-refractivity contribution in [1.82, 2.24) is 39.4 Å². The van der Waals surface area contributed by atoms with Crippen molar-refractivity contribution < 1.29 is 4.79 Å². The Balaban J connectivity index is 1.54. The zero-order chi connectivity index (χ0) is 24.4. The van der Waals surface area contributed by atoms with E-state index in [0.717, 1.165) is 0 Å². The number of hydrogen-bond donors (Lipinski definition) is 1. The van der Waals surface area contributed by atoms with Crippen molar-refractivity contribution >= 4 is 17.5 Å². The second kappa shape index (κ2) is 9.29. The van der Waals surface area contributed by atoms with Crippen LogP contribution in [0.3, 0.4) is 0 Å². The average Bonchev–Trinajstić information content (AvgIpc) is 3.40. The summed E-state index contributed by atoms with van der Waals surface area (Å²) in [6.45, 7) is 3.68. The van der Waals surface area contributed by atoms with Crippen LogP contribution in [0.2, 0.25) is 5.02 Å². The summed E-state index contributed by atoms with van der Waals surface area (Å²) in [5.41, 5.74) is 1.16. The van der Waals surface area contributed by atoms with E-state index in [1.54, 1.807) is 51.2 Å². The summed E-state index contributed by atoms with van der Waals surface area (Å²) < 4.78 is 4.25. The van der Waals surface area contributed by atoms with E-state index in [1.165, 1.54) is 26.5 Å². The van der Waals surface area contributed by atoms with Crippen LogP contribution in [0.25, 0.3) is 5.82 Å². The van der Waals surface area contributed by atoms with Crippen LogP contribution >= 0.6 is 11.6 Å².